The lowest BCUT2D eigenvalue weighted by Gasteiger charge is -2.27. The molecule has 0 spiro atoms. The summed E-state index contributed by atoms with van der Waals surface area (Å²) in [6.45, 7) is 0. The summed E-state index contributed by atoms with van der Waals surface area (Å²) in [4.78, 5) is 47.5. The summed E-state index contributed by atoms with van der Waals surface area (Å²) in [6.07, 6.45) is 5.64. The van der Waals surface area contributed by atoms with Crippen molar-refractivity contribution in [2.75, 3.05) is 0 Å². The number of imidazole rings is 1. The third-order valence-corrected chi connectivity index (χ3v) is 6.63. The summed E-state index contributed by atoms with van der Waals surface area (Å²) >= 11 is 0. The number of aryl methyl sites for hydroxylation is 1. The Labute approximate surface area is 187 Å². The summed E-state index contributed by atoms with van der Waals surface area (Å²) in [6, 6.07) is 5.25. The molecule has 2 amide bonds. The Morgan fingerprint density at radius 3 is 2.39 bits per heavy atom. The molecule has 1 aromatic carbocycles. The van der Waals surface area contributed by atoms with Crippen LogP contribution in [0.15, 0.2) is 23.0 Å². The van der Waals surface area contributed by atoms with Crippen molar-refractivity contribution in [1.82, 2.24) is 14.5 Å². The Morgan fingerprint density at radius 2 is 1.74 bits per heavy atom. The van der Waals surface area contributed by atoms with E-state index in [0.717, 1.165) is 43.2 Å². The van der Waals surface area contributed by atoms with Gasteiger partial charge in [-0.2, -0.15) is 13.5 Å². The van der Waals surface area contributed by atoms with Gasteiger partial charge in [0.1, 0.15) is 6.04 Å². The fourth-order valence-electron chi connectivity index (χ4n) is 4.99. The Kier molecular flexibility index (Phi) is 6.93. The van der Waals surface area contributed by atoms with E-state index in [1.54, 1.807) is 11.6 Å². The molecule has 1 aliphatic carbocycles. The van der Waals surface area contributed by atoms with Crippen molar-refractivity contribution in [3.05, 3.63) is 34.2 Å². The SMILES string of the molecule is Cn1c(=O)n([C@H]2CCC(=O)NC2=O)c2ccc(CC3CCC(CC(=O)O)CC3)cc21.S. The predicted octanol–water partition coefficient (Wildman–Crippen LogP) is 2.25. The molecule has 0 bridgehead atoms. The molecule has 8 nitrogen and oxygen atoms in total. The van der Waals surface area contributed by atoms with Gasteiger partial charge in [0.15, 0.2) is 0 Å². The smallest absolute Gasteiger partial charge is 0.329 e. The van der Waals surface area contributed by atoms with Gasteiger partial charge < -0.3 is 5.11 Å². The van der Waals surface area contributed by atoms with Gasteiger partial charge in [-0.3, -0.25) is 28.8 Å². The molecule has 1 saturated carbocycles. The fourth-order valence-corrected chi connectivity index (χ4v) is 4.99. The van der Waals surface area contributed by atoms with Crippen LogP contribution in [0.4, 0.5) is 0 Å². The third kappa shape index (κ3) is 4.71. The van der Waals surface area contributed by atoms with E-state index in [1.807, 2.05) is 18.2 Å². The van der Waals surface area contributed by atoms with Crippen molar-refractivity contribution < 1.29 is 19.5 Å². The van der Waals surface area contributed by atoms with Crippen LogP contribution in [-0.2, 0) is 27.9 Å². The van der Waals surface area contributed by atoms with Crippen LogP contribution in [0.25, 0.3) is 11.0 Å². The van der Waals surface area contributed by atoms with Crippen molar-refractivity contribution in [1.29, 1.82) is 0 Å². The summed E-state index contributed by atoms with van der Waals surface area (Å²) < 4.78 is 3.06. The van der Waals surface area contributed by atoms with Gasteiger partial charge in [-0.15, -0.1) is 0 Å². The summed E-state index contributed by atoms with van der Waals surface area (Å²) in [5, 5.41) is 11.3. The number of carbonyl (C=O) groups is 3. The van der Waals surface area contributed by atoms with E-state index in [-0.39, 0.29) is 43.9 Å². The second-order valence-electron chi connectivity index (χ2n) is 8.69. The van der Waals surface area contributed by atoms with E-state index >= 15 is 0 Å². The monoisotopic (exact) mass is 447 g/mol. The molecule has 1 saturated heterocycles. The predicted molar refractivity (Wildman–Crippen MR) is 120 cm³/mol. The van der Waals surface area contributed by atoms with Crippen LogP contribution in [0.1, 0.15) is 56.6 Å². The number of fused-ring (bicyclic) bond motifs is 1. The number of imide groups is 1. The minimum atomic E-state index is -0.717. The minimum absolute atomic E-state index is 0. The number of aliphatic carboxylic acids is 1. The minimum Gasteiger partial charge on any atom is -0.481 e. The molecule has 2 aliphatic rings. The third-order valence-electron chi connectivity index (χ3n) is 6.63. The van der Waals surface area contributed by atoms with Gasteiger partial charge in [0.25, 0.3) is 0 Å². The highest BCUT2D eigenvalue weighted by Crippen LogP contribution is 2.33. The molecular formula is C22H29N3O5S. The zero-order chi connectivity index (χ0) is 21.4. The molecular weight excluding hydrogens is 418 g/mol. The summed E-state index contributed by atoms with van der Waals surface area (Å²) in [7, 11) is 1.70. The lowest BCUT2D eigenvalue weighted by atomic mass is 9.78. The number of carbonyl (C=O) groups excluding carboxylic acids is 2. The molecule has 2 fully saturated rings. The number of piperidine rings is 1. The van der Waals surface area contributed by atoms with Crippen LogP contribution in [0.3, 0.4) is 0 Å². The maximum atomic E-state index is 12.9. The van der Waals surface area contributed by atoms with Gasteiger partial charge in [0.2, 0.25) is 11.8 Å². The van der Waals surface area contributed by atoms with Crippen molar-refractivity contribution in [2.45, 2.75) is 57.4 Å². The fraction of sp³-hybridized carbons (Fsp3) is 0.545. The number of benzene rings is 1. The molecule has 9 heteroatoms. The molecule has 1 aliphatic heterocycles. The number of nitrogens with one attached hydrogen (secondary N) is 1. The van der Waals surface area contributed by atoms with E-state index in [4.69, 9.17) is 5.11 Å². The number of amides is 2. The number of aromatic nitrogens is 2. The average molecular weight is 448 g/mol. The maximum absolute atomic E-state index is 12.9. The Morgan fingerprint density at radius 1 is 1.06 bits per heavy atom. The number of carboxylic acid groups (broad SMARTS) is 1. The van der Waals surface area contributed by atoms with Gasteiger partial charge in [0.05, 0.1) is 11.0 Å². The quantitative estimate of drug-likeness (QED) is 0.683. The standard InChI is InChI=1S/C22H27N3O5.H2S/c1-24-18-11-15(10-13-2-4-14(5-3-13)12-20(27)28)6-7-16(18)25(22(24)30)17-8-9-19(26)23-21(17)29;/h6-7,11,13-14,17H,2-5,8-10,12H2,1H3,(H,27,28)(H,23,26,29);1H2/t13?,14?,17-;/m0./s1. The maximum Gasteiger partial charge on any atom is 0.329 e. The summed E-state index contributed by atoms with van der Waals surface area (Å²) in [5.74, 6) is -0.648. The normalized spacial score (nSPS) is 24.0. The van der Waals surface area contributed by atoms with Crippen LogP contribution in [0.5, 0.6) is 0 Å². The Bertz CT molecular complexity index is 1070. The summed E-state index contributed by atoms with van der Waals surface area (Å²) in [5.41, 5.74) is 2.36. The van der Waals surface area contributed by atoms with Gasteiger partial charge in [-0.05, 0) is 68.1 Å². The first-order valence-corrected chi connectivity index (χ1v) is 10.6. The molecule has 31 heavy (non-hydrogen) atoms. The molecule has 2 aromatic rings. The lowest BCUT2D eigenvalue weighted by molar-refractivity contribution is -0.138. The van der Waals surface area contributed by atoms with Crippen LogP contribution < -0.4 is 11.0 Å². The van der Waals surface area contributed by atoms with Crippen LogP contribution in [0, 0.1) is 11.8 Å². The first kappa shape index (κ1) is 23.1. The van der Waals surface area contributed by atoms with Crippen molar-refractivity contribution in [2.24, 2.45) is 18.9 Å². The van der Waals surface area contributed by atoms with Crippen LogP contribution >= 0.6 is 13.5 Å². The lowest BCUT2D eigenvalue weighted by Crippen LogP contribution is -2.44. The first-order valence-electron chi connectivity index (χ1n) is 10.6. The van der Waals surface area contributed by atoms with E-state index in [2.05, 4.69) is 5.32 Å². The van der Waals surface area contributed by atoms with Gasteiger partial charge in [-0.25, -0.2) is 4.79 Å². The number of hydrogen-bond donors (Lipinski definition) is 2. The second-order valence-corrected chi connectivity index (χ2v) is 8.69. The molecule has 2 N–H and O–H groups in total. The zero-order valence-electron chi connectivity index (χ0n) is 17.6. The second kappa shape index (κ2) is 9.30. The van der Waals surface area contributed by atoms with E-state index in [1.165, 1.54) is 4.57 Å². The molecule has 2 heterocycles. The van der Waals surface area contributed by atoms with Crippen LogP contribution in [-0.4, -0.2) is 32.0 Å². The zero-order valence-corrected chi connectivity index (χ0v) is 18.6. The number of rotatable bonds is 5. The molecule has 4 rings (SSSR count). The molecule has 0 radical (unpaired) electrons. The highest BCUT2D eigenvalue weighted by atomic mass is 32.1. The van der Waals surface area contributed by atoms with E-state index < -0.39 is 17.9 Å². The van der Waals surface area contributed by atoms with E-state index in [0.29, 0.717) is 17.9 Å². The Hall–Kier alpha value is -2.55. The van der Waals surface area contributed by atoms with Crippen LogP contribution in [0.2, 0.25) is 0 Å². The largest absolute Gasteiger partial charge is 0.481 e. The van der Waals surface area contributed by atoms with Crippen molar-refractivity contribution >= 4 is 42.3 Å². The topological polar surface area (TPSA) is 110 Å². The van der Waals surface area contributed by atoms with Crippen molar-refractivity contribution in [3.63, 3.8) is 0 Å². The highest BCUT2D eigenvalue weighted by Gasteiger charge is 2.31. The molecule has 1 aromatic heterocycles. The molecule has 1 atom stereocenters. The average Bonchev–Trinajstić information content (AvgIpc) is 2.94. The number of carboxylic acids is 1. The first-order chi connectivity index (χ1) is 14.3. The van der Waals surface area contributed by atoms with Gasteiger partial charge >= 0.3 is 11.7 Å². The highest BCUT2D eigenvalue weighted by molar-refractivity contribution is 7.59. The van der Waals surface area contributed by atoms with E-state index in [9.17, 15) is 19.2 Å². The van der Waals surface area contributed by atoms with Crippen molar-refractivity contribution in [3.8, 4) is 0 Å². The Balaban J connectivity index is 0.00000272. The molecule has 168 valence electrons. The van der Waals surface area contributed by atoms with Gasteiger partial charge in [0, 0.05) is 19.9 Å². The molecule has 0 unspecified atom stereocenters. The number of nitrogens with zero attached hydrogens (tertiary/aromatic N) is 2. The van der Waals surface area contributed by atoms with Gasteiger partial charge in [-0.1, -0.05) is 6.07 Å². The number of hydrogen-bond acceptors (Lipinski definition) is 4.